The van der Waals surface area contributed by atoms with Crippen LogP contribution in [0.4, 0.5) is 0 Å². The maximum atomic E-state index is 2.45. The average Bonchev–Trinajstić information content (AvgIpc) is 2.86. The van der Waals surface area contributed by atoms with Crippen molar-refractivity contribution in [1.82, 2.24) is 0 Å². The largest absolute Gasteiger partial charge is 0.0839 e. The quantitative estimate of drug-likeness (QED) is 0.580. The zero-order valence-corrected chi connectivity index (χ0v) is 8.14. The molecule has 1 fully saturated rings. The van der Waals surface area contributed by atoms with E-state index in [1.807, 2.05) is 0 Å². The van der Waals surface area contributed by atoms with E-state index >= 15 is 0 Å². The zero-order chi connectivity index (χ0) is 8.60. The summed E-state index contributed by atoms with van der Waals surface area (Å²) in [7, 11) is 0. The van der Waals surface area contributed by atoms with Gasteiger partial charge in [-0.15, -0.1) is 0 Å². The van der Waals surface area contributed by atoms with Crippen LogP contribution in [0, 0.1) is 11.3 Å². The van der Waals surface area contributed by atoms with E-state index in [0.29, 0.717) is 5.41 Å². The molecule has 1 saturated carbocycles. The van der Waals surface area contributed by atoms with E-state index in [0.717, 1.165) is 5.92 Å². The van der Waals surface area contributed by atoms with Gasteiger partial charge < -0.3 is 0 Å². The maximum absolute atomic E-state index is 2.45. The third-order valence-corrected chi connectivity index (χ3v) is 3.46. The van der Waals surface area contributed by atoms with Gasteiger partial charge in [-0.1, -0.05) is 32.1 Å². The summed E-state index contributed by atoms with van der Waals surface area (Å²) < 4.78 is 0. The van der Waals surface area contributed by atoms with Gasteiger partial charge in [0.15, 0.2) is 0 Å². The lowest BCUT2D eigenvalue weighted by Gasteiger charge is -2.22. The molecule has 0 radical (unpaired) electrons. The van der Waals surface area contributed by atoms with E-state index < -0.39 is 0 Å². The minimum atomic E-state index is 0.594. The van der Waals surface area contributed by atoms with Gasteiger partial charge in [0.2, 0.25) is 0 Å². The summed E-state index contributed by atoms with van der Waals surface area (Å²) in [4.78, 5) is 0. The van der Waals surface area contributed by atoms with Crippen molar-refractivity contribution in [2.45, 2.75) is 39.5 Å². The Kier molecular flexibility index (Phi) is 1.86. The molecule has 0 unspecified atom stereocenters. The Hall–Kier alpha value is -0.520. The molecule has 2 rings (SSSR count). The minimum absolute atomic E-state index is 0.594. The van der Waals surface area contributed by atoms with Crippen molar-refractivity contribution in [3.8, 4) is 0 Å². The average molecular weight is 162 g/mol. The van der Waals surface area contributed by atoms with E-state index in [-0.39, 0.29) is 0 Å². The second-order valence-electron chi connectivity index (χ2n) is 4.45. The van der Waals surface area contributed by atoms with Gasteiger partial charge in [-0.2, -0.15) is 0 Å². The smallest absolute Gasteiger partial charge is 0.00266 e. The van der Waals surface area contributed by atoms with Crippen LogP contribution in [0.25, 0.3) is 0 Å². The van der Waals surface area contributed by atoms with E-state index in [9.17, 15) is 0 Å². The Morgan fingerprint density at radius 3 is 2.42 bits per heavy atom. The van der Waals surface area contributed by atoms with Crippen molar-refractivity contribution in [3.05, 3.63) is 23.8 Å². The van der Waals surface area contributed by atoms with Gasteiger partial charge >= 0.3 is 0 Å². The van der Waals surface area contributed by atoms with Crippen LogP contribution < -0.4 is 0 Å². The van der Waals surface area contributed by atoms with Gasteiger partial charge in [-0.3, -0.25) is 0 Å². The first-order valence-corrected chi connectivity index (χ1v) is 5.13. The van der Waals surface area contributed by atoms with Crippen LogP contribution in [0.5, 0.6) is 0 Å². The molecule has 2 aliphatic rings. The third-order valence-electron chi connectivity index (χ3n) is 3.46. The second kappa shape index (κ2) is 2.76. The Labute approximate surface area is 75.4 Å². The van der Waals surface area contributed by atoms with Crippen molar-refractivity contribution < 1.29 is 0 Å². The second-order valence-corrected chi connectivity index (χ2v) is 4.45. The molecule has 0 nitrogen and oxygen atoms in total. The van der Waals surface area contributed by atoms with Gasteiger partial charge in [-0.05, 0) is 42.6 Å². The molecule has 0 aromatic heterocycles. The SMILES string of the molecule is CC(C)C1(C2=CCCC=C2)CC1. The molecule has 2 aliphatic carbocycles. The molecule has 0 heterocycles. The first kappa shape index (κ1) is 8.10. The number of allylic oxidation sites excluding steroid dienone is 4. The molecule has 66 valence electrons. The van der Waals surface area contributed by atoms with Crippen LogP contribution >= 0.6 is 0 Å². The Morgan fingerprint density at radius 2 is 2.00 bits per heavy atom. The van der Waals surface area contributed by atoms with Crippen LogP contribution in [-0.2, 0) is 0 Å². The molecular formula is C12H18. The molecular weight excluding hydrogens is 144 g/mol. The zero-order valence-electron chi connectivity index (χ0n) is 8.14. The molecule has 0 bridgehead atoms. The Morgan fingerprint density at radius 1 is 1.25 bits per heavy atom. The highest BCUT2D eigenvalue weighted by Gasteiger charge is 2.47. The van der Waals surface area contributed by atoms with E-state index in [1.165, 1.54) is 25.7 Å². The third kappa shape index (κ3) is 1.14. The molecule has 0 atom stereocenters. The van der Waals surface area contributed by atoms with Crippen LogP contribution in [0.2, 0.25) is 0 Å². The normalized spacial score (nSPS) is 25.8. The lowest BCUT2D eigenvalue weighted by Crippen LogP contribution is -2.12. The molecule has 0 spiro atoms. The molecule has 0 aliphatic heterocycles. The fourth-order valence-electron chi connectivity index (χ4n) is 2.32. The highest BCUT2D eigenvalue weighted by Crippen LogP contribution is 2.58. The van der Waals surface area contributed by atoms with E-state index in [1.54, 1.807) is 5.57 Å². The molecule has 0 aromatic rings. The molecule has 0 N–H and O–H groups in total. The minimum Gasteiger partial charge on any atom is -0.0839 e. The topological polar surface area (TPSA) is 0 Å². The summed E-state index contributed by atoms with van der Waals surface area (Å²) in [5, 5.41) is 0. The lowest BCUT2D eigenvalue weighted by atomic mass is 9.82. The van der Waals surface area contributed by atoms with Crippen molar-refractivity contribution >= 4 is 0 Å². The fourth-order valence-corrected chi connectivity index (χ4v) is 2.32. The van der Waals surface area contributed by atoms with Gasteiger partial charge in [0, 0.05) is 0 Å². The number of hydrogen-bond donors (Lipinski definition) is 0. The predicted molar refractivity (Wildman–Crippen MR) is 53.0 cm³/mol. The summed E-state index contributed by atoms with van der Waals surface area (Å²) in [5.41, 5.74) is 2.22. The summed E-state index contributed by atoms with van der Waals surface area (Å²) in [6.45, 7) is 4.71. The van der Waals surface area contributed by atoms with E-state index in [4.69, 9.17) is 0 Å². The summed E-state index contributed by atoms with van der Waals surface area (Å²) in [6.07, 6.45) is 12.5. The van der Waals surface area contributed by atoms with E-state index in [2.05, 4.69) is 32.1 Å². The number of hydrogen-bond acceptors (Lipinski definition) is 0. The van der Waals surface area contributed by atoms with Gasteiger partial charge in [0.05, 0.1) is 0 Å². The Balaban J connectivity index is 2.18. The van der Waals surface area contributed by atoms with Crippen LogP contribution in [-0.4, -0.2) is 0 Å². The molecule has 0 saturated heterocycles. The molecule has 12 heavy (non-hydrogen) atoms. The van der Waals surface area contributed by atoms with Gasteiger partial charge in [0.25, 0.3) is 0 Å². The van der Waals surface area contributed by atoms with Crippen LogP contribution in [0.15, 0.2) is 23.8 Å². The first-order chi connectivity index (χ1) is 5.76. The Bertz CT molecular complexity index is 226. The van der Waals surface area contributed by atoms with Gasteiger partial charge in [-0.25, -0.2) is 0 Å². The monoisotopic (exact) mass is 162 g/mol. The first-order valence-electron chi connectivity index (χ1n) is 5.13. The van der Waals surface area contributed by atoms with Crippen molar-refractivity contribution in [1.29, 1.82) is 0 Å². The van der Waals surface area contributed by atoms with Crippen molar-refractivity contribution in [3.63, 3.8) is 0 Å². The highest BCUT2D eigenvalue weighted by molar-refractivity contribution is 5.34. The van der Waals surface area contributed by atoms with Gasteiger partial charge in [0.1, 0.15) is 0 Å². The summed E-state index contributed by atoms with van der Waals surface area (Å²) in [6, 6.07) is 0. The molecule has 0 amide bonds. The summed E-state index contributed by atoms with van der Waals surface area (Å²) in [5.74, 6) is 0.825. The van der Waals surface area contributed by atoms with Crippen LogP contribution in [0.3, 0.4) is 0 Å². The molecule has 0 heteroatoms. The molecule has 0 aromatic carbocycles. The van der Waals surface area contributed by atoms with Crippen LogP contribution in [0.1, 0.15) is 39.5 Å². The fraction of sp³-hybridized carbons (Fsp3) is 0.667. The predicted octanol–water partition coefficient (Wildman–Crippen LogP) is 3.70. The van der Waals surface area contributed by atoms with Crippen molar-refractivity contribution in [2.75, 3.05) is 0 Å². The lowest BCUT2D eigenvalue weighted by molar-refractivity contribution is 0.428. The van der Waals surface area contributed by atoms with Crippen molar-refractivity contribution in [2.24, 2.45) is 11.3 Å². The maximum Gasteiger partial charge on any atom is -0.00266 e. The standard InChI is InChI=1S/C12H18/c1-10(2)12(8-9-12)11-6-4-3-5-7-11/h4,6-7,10H,3,5,8-9H2,1-2H3. The highest BCUT2D eigenvalue weighted by atomic mass is 14.5. The summed E-state index contributed by atoms with van der Waals surface area (Å²) >= 11 is 0. The number of rotatable bonds is 2.